The van der Waals surface area contributed by atoms with Gasteiger partial charge in [-0.1, -0.05) is 29.8 Å². The first-order chi connectivity index (χ1) is 7.58. The highest BCUT2D eigenvalue weighted by atomic mass is 79.9. The lowest BCUT2D eigenvalue weighted by Crippen LogP contribution is -2.35. The van der Waals surface area contributed by atoms with E-state index < -0.39 is 6.04 Å². The molecule has 1 aromatic rings. The fourth-order valence-corrected chi connectivity index (χ4v) is 1.80. The Kier molecular flexibility index (Phi) is 4.96. The molecule has 3 nitrogen and oxygen atoms in total. The smallest absolute Gasteiger partial charge is 0.241 e. The number of hydrogen-bond acceptors (Lipinski definition) is 2. The van der Waals surface area contributed by atoms with Crippen LogP contribution in [0.15, 0.2) is 22.7 Å². The van der Waals surface area contributed by atoms with Crippen LogP contribution in [-0.4, -0.2) is 11.9 Å². The van der Waals surface area contributed by atoms with E-state index in [1.165, 1.54) is 0 Å². The van der Waals surface area contributed by atoms with Gasteiger partial charge in [-0.15, -0.1) is 0 Å². The van der Waals surface area contributed by atoms with E-state index in [1.807, 2.05) is 25.1 Å². The summed E-state index contributed by atoms with van der Waals surface area (Å²) < 4.78 is 1.02. The zero-order valence-electron chi connectivity index (χ0n) is 9.59. The van der Waals surface area contributed by atoms with Gasteiger partial charge in [0.1, 0.15) is 0 Å². The van der Waals surface area contributed by atoms with Crippen molar-refractivity contribution in [3.05, 3.63) is 28.2 Å². The highest BCUT2D eigenvalue weighted by Crippen LogP contribution is 2.21. The molecule has 0 unspecified atom stereocenters. The predicted octanol–water partition coefficient (Wildman–Crippen LogP) is 2.69. The maximum Gasteiger partial charge on any atom is 0.241 e. The third-order valence-electron chi connectivity index (χ3n) is 2.48. The van der Waals surface area contributed by atoms with Gasteiger partial charge >= 0.3 is 0 Å². The number of amides is 1. The first kappa shape index (κ1) is 13.2. The Hall–Kier alpha value is -0.870. The van der Waals surface area contributed by atoms with Crippen molar-refractivity contribution < 1.29 is 4.79 Å². The summed E-state index contributed by atoms with van der Waals surface area (Å²) in [7, 11) is 0. The molecule has 88 valence electrons. The summed E-state index contributed by atoms with van der Waals surface area (Å²) in [6.45, 7) is 3.95. The van der Waals surface area contributed by atoms with Gasteiger partial charge in [0.2, 0.25) is 5.91 Å². The van der Waals surface area contributed by atoms with E-state index in [2.05, 4.69) is 28.2 Å². The normalized spacial score (nSPS) is 12.2. The fourth-order valence-electron chi connectivity index (χ4n) is 1.39. The standard InChI is InChI=1S/C12H17BrN2O/c1-3-8-7-9(13)5-6-11(8)15-12(16)10(14)4-2/h5-7,10H,3-4,14H2,1-2H3,(H,15,16)/t10-/m0/s1. The maximum atomic E-state index is 11.6. The Balaban J connectivity index is 2.84. The zero-order valence-corrected chi connectivity index (χ0v) is 11.2. The molecule has 1 aromatic carbocycles. The number of halogens is 1. The maximum absolute atomic E-state index is 11.6. The van der Waals surface area contributed by atoms with Gasteiger partial charge in [0.15, 0.2) is 0 Å². The van der Waals surface area contributed by atoms with Gasteiger partial charge in [0, 0.05) is 10.2 Å². The molecule has 0 bridgehead atoms. The zero-order chi connectivity index (χ0) is 12.1. The molecule has 4 heteroatoms. The number of carbonyl (C=O) groups is 1. The van der Waals surface area contributed by atoms with Gasteiger partial charge in [-0.05, 0) is 36.6 Å². The molecule has 0 radical (unpaired) electrons. The second-order valence-corrected chi connectivity index (χ2v) is 4.57. The molecular weight excluding hydrogens is 268 g/mol. The minimum Gasteiger partial charge on any atom is -0.324 e. The van der Waals surface area contributed by atoms with Crippen LogP contribution >= 0.6 is 15.9 Å². The monoisotopic (exact) mass is 284 g/mol. The fraction of sp³-hybridized carbons (Fsp3) is 0.417. The van der Waals surface area contributed by atoms with E-state index in [0.717, 1.165) is 22.1 Å². The lowest BCUT2D eigenvalue weighted by atomic mass is 10.1. The summed E-state index contributed by atoms with van der Waals surface area (Å²) >= 11 is 3.41. The van der Waals surface area contributed by atoms with Gasteiger partial charge in [-0.25, -0.2) is 0 Å². The second kappa shape index (κ2) is 6.01. The Bertz CT molecular complexity index is 379. The van der Waals surface area contributed by atoms with E-state index in [0.29, 0.717) is 6.42 Å². The summed E-state index contributed by atoms with van der Waals surface area (Å²) in [4.78, 5) is 11.6. The van der Waals surface area contributed by atoms with Gasteiger partial charge in [-0.2, -0.15) is 0 Å². The number of rotatable bonds is 4. The van der Waals surface area contributed by atoms with Gasteiger partial charge < -0.3 is 11.1 Å². The number of hydrogen-bond donors (Lipinski definition) is 2. The van der Waals surface area contributed by atoms with Gasteiger partial charge in [-0.3, -0.25) is 4.79 Å². The Morgan fingerprint density at radius 3 is 2.75 bits per heavy atom. The molecule has 0 spiro atoms. The molecule has 1 atom stereocenters. The number of nitrogens with one attached hydrogen (secondary N) is 1. The number of nitrogens with two attached hydrogens (primary N) is 1. The molecular formula is C12H17BrN2O. The topological polar surface area (TPSA) is 55.1 Å². The molecule has 0 fully saturated rings. The third-order valence-corrected chi connectivity index (χ3v) is 2.98. The average molecular weight is 285 g/mol. The first-order valence-corrected chi connectivity index (χ1v) is 6.22. The van der Waals surface area contributed by atoms with Crippen LogP contribution in [0.2, 0.25) is 0 Å². The van der Waals surface area contributed by atoms with Crippen LogP contribution in [0.3, 0.4) is 0 Å². The summed E-state index contributed by atoms with van der Waals surface area (Å²) in [6.07, 6.45) is 1.51. The highest BCUT2D eigenvalue weighted by molar-refractivity contribution is 9.10. The van der Waals surface area contributed by atoms with Crippen molar-refractivity contribution in [2.75, 3.05) is 5.32 Å². The average Bonchev–Trinajstić information content (AvgIpc) is 2.30. The van der Waals surface area contributed by atoms with Crippen molar-refractivity contribution >= 4 is 27.5 Å². The van der Waals surface area contributed by atoms with E-state index >= 15 is 0 Å². The molecule has 16 heavy (non-hydrogen) atoms. The van der Waals surface area contributed by atoms with E-state index in [9.17, 15) is 4.79 Å². The molecule has 1 amide bonds. The van der Waals surface area contributed by atoms with Crippen molar-refractivity contribution in [3.63, 3.8) is 0 Å². The lowest BCUT2D eigenvalue weighted by Gasteiger charge is -2.13. The van der Waals surface area contributed by atoms with E-state index in [4.69, 9.17) is 5.73 Å². The van der Waals surface area contributed by atoms with Crippen molar-refractivity contribution in [2.24, 2.45) is 5.73 Å². The SMILES string of the molecule is CCc1cc(Br)ccc1NC(=O)[C@@H](N)CC. The van der Waals surface area contributed by atoms with Crippen LogP contribution in [0.1, 0.15) is 25.8 Å². The molecule has 0 aliphatic carbocycles. The Labute approximate surface area is 105 Å². The molecule has 0 saturated heterocycles. The minimum atomic E-state index is -0.437. The molecule has 0 aliphatic heterocycles. The van der Waals surface area contributed by atoms with Crippen LogP contribution in [0, 0.1) is 0 Å². The summed E-state index contributed by atoms with van der Waals surface area (Å²) in [5.41, 5.74) is 7.61. The number of carbonyl (C=O) groups excluding carboxylic acids is 1. The molecule has 1 rings (SSSR count). The summed E-state index contributed by atoms with van der Waals surface area (Å²) in [5, 5.41) is 2.85. The van der Waals surface area contributed by atoms with Crippen LogP contribution in [0.25, 0.3) is 0 Å². The van der Waals surface area contributed by atoms with Crippen LogP contribution in [-0.2, 0) is 11.2 Å². The van der Waals surface area contributed by atoms with Gasteiger partial charge in [0.25, 0.3) is 0 Å². The Morgan fingerprint density at radius 1 is 1.50 bits per heavy atom. The van der Waals surface area contributed by atoms with Gasteiger partial charge in [0.05, 0.1) is 6.04 Å². The predicted molar refractivity (Wildman–Crippen MR) is 70.4 cm³/mol. The van der Waals surface area contributed by atoms with Crippen LogP contribution < -0.4 is 11.1 Å². The quantitative estimate of drug-likeness (QED) is 0.893. The second-order valence-electron chi connectivity index (χ2n) is 3.66. The number of aryl methyl sites for hydroxylation is 1. The summed E-state index contributed by atoms with van der Waals surface area (Å²) in [6, 6.07) is 5.37. The summed E-state index contributed by atoms with van der Waals surface area (Å²) in [5.74, 6) is -0.125. The van der Waals surface area contributed by atoms with E-state index in [1.54, 1.807) is 0 Å². The molecule has 0 aliphatic rings. The van der Waals surface area contributed by atoms with Crippen molar-refractivity contribution in [1.29, 1.82) is 0 Å². The van der Waals surface area contributed by atoms with Crippen LogP contribution in [0.4, 0.5) is 5.69 Å². The van der Waals surface area contributed by atoms with Crippen LogP contribution in [0.5, 0.6) is 0 Å². The molecule has 0 heterocycles. The first-order valence-electron chi connectivity index (χ1n) is 5.43. The Morgan fingerprint density at radius 2 is 2.19 bits per heavy atom. The number of anilines is 1. The molecule has 0 saturated carbocycles. The number of benzene rings is 1. The van der Waals surface area contributed by atoms with Crippen molar-refractivity contribution in [1.82, 2.24) is 0 Å². The van der Waals surface area contributed by atoms with Crippen molar-refractivity contribution in [2.45, 2.75) is 32.7 Å². The van der Waals surface area contributed by atoms with E-state index in [-0.39, 0.29) is 5.91 Å². The molecule has 3 N–H and O–H groups in total. The lowest BCUT2D eigenvalue weighted by molar-refractivity contribution is -0.117. The largest absolute Gasteiger partial charge is 0.324 e. The van der Waals surface area contributed by atoms with Crippen molar-refractivity contribution in [3.8, 4) is 0 Å². The third kappa shape index (κ3) is 3.32. The minimum absolute atomic E-state index is 0.125. The highest BCUT2D eigenvalue weighted by Gasteiger charge is 2.12. The molecule has 0 aromatic heterocycles.